The predicted octanol–water partition coefficient (Wildman–Crippen LogP) is 12.7. The number of amides is 6. The number of rotatable bonds is 34. The van der Waals surface area contributed by atoms with E-state index in [2.05, 4.69) is 88.1 Å². The van der Waals surface area contributed by atoms with Crippen LogP contribution in [-0.4, -0.2) is 168 Å². The number of methoxy groups -OCH3 is 2. The van der Waals surface area contributed by atoms with Crippen LogP contribution in [0.25, 0.3) is 22.3 Å². The molecule has 101 heavy (non-hydrogen) atoms. The Hall–Kier alpha value is -9.85. The van der Waals surface area contributed by atoms with Crippen molar-refractivity contribution >= 4 is 75.2 Å². The summed E-state index contributed by atoms with van der Waals surface area (Å²) in [6, 6.07) is 38.1. The molecule has 0 spiro atoms. The first-order chi connectivity index (χ1) is 48.9. The van der Waals surface area contributed by atoms with Gasteiger partial charge < -0.3 is 69.3 Å². The Morgan fingerprint density at radius 1 is 0.683 bits per heavy atom. The lowest BCUT2D eigenvalue weighted by molar-refractivity contribution is -0.120. The number of ether oxygens (including phenoxy) is 8. The number of hydrogen-bond donors (Lipinski definition) is 5. The highest BCUT2D eigenvalue weighted by Crippen LogP contribution is 2.47. The number of likely N-dealkylation sites (tertiary alicyclic amines) is 1. The molecule has 2 aliphatic heterocycles. The highest BCUT2D eigenvalue weighted by atomic mass is 33.1. The normalized spacial score (nSPS) is 15.2. The van der Waals surface area contributed by atoms with E-state index in [1.54, 1.807) is 28.1 Å². The summed E-state index contributed by atoms with van der Waals surface area (Å²) in [5.74, 6) is 0.402. The molecule has 6 amide bonds. The van der Waals surface area contributed by atoms with Crippen molar-refractivity contribution in [2.24, 2.45) is 5.16 Å². The smallest absolute Gasteiger partial charge is 0.412 e. The Morgan fingerprint density at radius 2 is 1.26 bits per heavy atom. The molecule has 534 valence electrons. The van der Waals surface area contributed by atoms with Crippen LogP contribution in [0.3, 0.4) is 0 Å². The highest BCUT2D eigenvalue weighted by molar-refractivity contribution is 8.77. The van der Waals surface area contributed by atoms with E-state index in [4.69, 9.17) is 48.5 Å². The van der Waals surface area contributed by atoms with Gasteiger partial charge in [0.1, 0.15) is 26.9 Å². The van der Waals surface area contributed by atoms with Crippen LogP contribution in [0.1, 0.15) is 114 Å². The number of nitrogens with two attached hydrogens (primary N) is 1. The predicted molar refractivity (Wildman–Crippen MR) is 391 cm³/mol. The number of benzene rings is 6. The summed E-state index contributed by atoms with van der Waals surface area (Å²) in [4.78, 5) is 89.1. The van der Waals surface area contributed by atoms with Gasteiger partial charge in [0, 0.05) is 74.2 Å². The van der Waals surface area contributed by atoms with Gasteiger partial charge in [-0.2, -0.15) is 0 Å². The fourth-order valence-electron chi connectivity index (χ4n) is 12.7. The number of oxime groups is 1. The number of carbonyl (C=O) groups is 6. The second-order valence-electron chi connectivity index (χ2n) is 25.3. The monoisotopic (exact) mass is 1420 g/mol. The minimum atomic E-state index is -0.816. The van der Waals surface area contributed by atoms with Crippen LogP contribution in [0.15, 0.2) is 151 Å². The van der Waals surface area contributed by atoms with Crippen molar-refractivity contribution in [1.82, 2.24) is 25.8 Å². The van der Waals surface area contributed by atoms with Gasteiger partial charge in [0.05, 0.1) is 68.2 Å². The van der Waals surface area contributed by atoms with Crippen LogP contribution in [0.4, 0.5) is 25.8 Å². The summed E-state index contributed by atoms with van der Waals surface area (Å²) < 4.78 is 46.8. The molecular formula is C76H88N8O15S2. The van der Waals surface area contributed by atoms with Crippen LogP contribution in [0, 0.1) is 0 Å². The number of nitrogens with one attached hydrogen (secondary N) is 4. The van der Waals surface area contributed by atoms with Crippen LogP contribution in [0.5, 0.6) is 23.0 Å². The Morgan fingerprint density at radius 3 is 1.86 bits per heavy atom. The molecule has 6 aromatic rings. The summed E-state index contributed by atoms with van der Waals surface area (Å²) in [5.41, 5.74) is 17.7. The number of hydrogen-bond acceptors (Lipinski definition) is 19. The molecule has 25 heteroatoms. The van der Waals surface area contributed by atoms with Gasteiger partial charge in [0.25, 0.3) is 11.8 Å². The molecule has 10 rings (SSSR count). The summed E-state index contributed by atoms with van der Waals surface area (Å²) in [7, 11) is 7.30. The Bertz CT molecular complexity index is 3930. The summed E-state index contributed by atoms with van der Waals surface area (Å²) in [6.45, 7) is 14.3. The van der Waals surface area contributed by atoms with Crippen LogP contribution in [0.2, 0.25) is 0 Å². The van der Waals surface area contributed by atoms with Crippen molar-refractivity contribution in [2.45, 2.75) is 87.6 Å². The number of carbonyl (C=O) groups excluding carboxylic acids is 6. The van der Waals surface area contributed by atoms with E-state index in [0.29, 0.717) is 62.3 Å². The van der Waals surface area contributed by atoms with E-state index in [1.807, 2.05) is 62.4 Å². The molecule has 0 saturated carbocycles. The van der Waals surface area contributed by atoms with Gasteiger partial charge in [-0.25, -0.2) is 14.4 Å². The van der Waals surface area contributed by atoms with Gasteiger partial charge >= 0.3 is 18.3 Å². The van der Waals surface area contributed by atoms with Crippen molar-refractivity contribution in [3.05, 3.63) is 179 Å². The third-order valence-electron chi connectivity index (χ3n) is 17.6. The van der Waals surface area contributed by atoms with Crippen molar-refractivity contribution in [3.8, 4) is 45.3 Å². The molecule has 0 bridgehead atoms. The number of anilines is 2. The lowest BCUT2D eigenvalue weighted by Gasteiger charge is -2.33. The van der Waals surface area contributed by atoms with E-state index in [0.717, 1.165) is 55.7 Å². The maximum atomic E-state index is 14.5. The second kappa shape index (κ2) is 35.5. The zero-order valence-corrected chi connectivity index (χ0v) is 59.3. The fourth-order valence-corrected chi connectivity index (χ4v) is 15.1. The molecule has 2 saturated heterocycles. The molecule has 0 radical (unpaired) electrons. The minimum Gasteiger partial charge on any atom is -0.493 e. The van der Waals surface area contributed by atoms with Gasteiger partial charge in [0.15, 0.2) is 29.2 Å². The average molecular weight is 1420 g/mol. The maximum absolute atomic E-state index is 14.5. The molecule has 6 aromatic carbocycles. The second-order valence-corrected chi connectivity index (χ2v) is 28.4. The largest absolute Gasteiger partial charge is 0.493 e. The maximum Gasteiger partial charge on any atom is 0.412 e. The standard InChI is InChI=1S/C76H88N8O15S2/c1-48(20-19-30-81-93-7)43-80-70(86)59-40-66(92-6)68(42-63(59)82-74(89)99-47-76(3,4)101-100-37-29-69(85)78-31-32-79-73(88)97-45-60-54-25-13-9-21-50(54)51-22-10-14-26-55(51)60)95-35-18-8-17-34-94-67-41-62(77)58(39-65(67)91-5)71(87)84-44-49(2)38-64(84)72-83(33-36-96-72)75(90)98-46-61-56-27-15-11-23-52(56)53-24-12-16-28-57(53)61/h9-16,21-28,30,39-42,60-61,64,72H,1-2,8,17-20,29,31-38,43-47,77H2,3-7H3,(H,78,85)(H,79,88)(H,80,86)(H,82,89)/b81-30+/t64-,72?/m0/s1. The molecule has 2 atom stereocenters. The van der Waals surface area contributed by atoms with Gasteiger partial charge in [-0.15, -0.1) is 0 Å². The quantitative estimate of drug-likeness (QED) is 0.00477. The summed E-state index contributed by atoms with van der Waals surface area (Å²) >= 11 is 0. The number of fused-ring (bicyclic) bond motifs is 6. The Labute approximate surface area is 596 Å². The summed E-state index contributed by atoms with van der Waals surface area (Å²) in [5, 5.41) is 14.9. The lowest BCUT2D eigenvalue weighted by atomic mass is 9.98. The third-order valence-corrected chi connectivity index (χ3v) is 20.9. The van der Waals surface area contributed by atoms with Gasteiger partial charge in [-0.05, 0) is 109 Å². The van der Waals surface area contributed by atoms with Crippen molar-refractivity contribution < 1.29 is 71.5 Å². The number of unbranched alkanes of at least 4 members (excludes halogenated alkanes) is 2. The molecule has 1 unspecified atom stereocenters. The highest BCUT2D eigenvalue weighted by Gasteiger charge is 2.45. The molecule has 6 N–H and O–H groups in total. The molecular weight excluding hydrogens is 1330 g/mol. The number of nitrogens with zero attached hydrogens (tertiary/aromatic N) is 3. The Balaban J connectivity index is 0.666. The van der Waals surface area contributed by atoms with Crippen molar-refractivity contribution in [3.63, 3.8) is 0 Å². The molecule has 4 aliphatic rings. The first-order valence-corrected chi connectivity index (χ1v) is 36.0. The van der Waals surface area contributed by atoms with Crippen molar-refractivity contribution in [1.29, 1.82) is 0 Å². The van der Waals surface area contributed by atoms with Gasteiger partial charge in [-0.3, -0.25) is 24.6 Å². The van der Waals surface area contributed by atoms with E-state index >= 15 is 0 Å². The van der Waals surface area contributed by atoms with Gasteiger partial charge in [-0.1, -0.05) is 148 Å². The molecule has 2 fully saturated rings. The van der Waals surface area contributed by atoms with Crippen LogP contribution >= 0.6 is 21.6 Å². The van der Waals surface area contributed by atoms with E-state index < -0.39 is 41.2 Å². The molecule has 23 nitrogen and oxygen atoms in total. The van der Waals surface area contributed by atoms with E-state index in [9.17, 15) is 28.8 Å². The molecule has 0 aromatic heterocycles. The first kappa shape index (κ1) is 73.9. The summed E-state index contributed by atoms with van der Waals surface area (Å²) in [6.07, 6.45) is 2.51. The van der Waals surface area contributed by atoms with Crippen LogP contribution in [-0.2, 0) is 28.6 Å². The van der Waals surface area contributed by atoms with Crippen molar-refractivity contribution in [2.75, 3.05) is 110 Å². The SMILES string of the molecule is C=C(CC/C=N/OC)CNC(=O)c1cc(OC)c(OCCCCCOc2cc(N)c(C(=O)N3CC(=C)C[C@H]3C3OCCN3C(=O)OCC3c4ccccc4-c4ccccc43)cc2OC)cc1NC(=O)OCC(C)(C)SSCCC(=O)NCCNC(=O)OCC1c2ccccc2-c2ccccc21. The average Bonchev–Trinajstić information content (AvgIpc) is 1.62. The first-order valence-electron chi connectivity index (χ1n) is 33.7. The van der Waals surface area contributed by atoms with E-state index in [-0.39, 0.29) is 130 Å². The van der Waals surface area contributed by atoms with Gasteiger partial charge in [0.2, 0.25) is 5.91 Å². The Kier molecular flexibility index (Phi) is 25.9. The third kappa shape index (κ3) is 19.0. The minimum absolute atomic E-state index is 0.0195. The van der Waals surface area contributed by atoms with E-state index in [1.165, 1.54) is 55.0 Å². The fraction of sp³-hybridized carbons (Fsp3) is 0.382. The molecule has 2 heterocycles. The molecule has 2 aliphatic carbocycles. The topological polar surface area (TPSA) is 278 Å². The number of alkyl carbamates (subject to hydrolysis) is 1. The zero-order valence-electron chi connectivity index (χ0n) is 57.6. The lowest BCUT2D eigenvalue weighted by Crippen LogP contribution is -2.51. The number of nitrogen functional groups attached to an aromatic ring is 1. The van der Waals surface area contributed by atoms with Crippen LogP contribution < -0.4 is 45.9 Å². The zero-order chi connectivity index (χ0) is 71.4.